The molecule has 0 fully saturated rings. The number of nitrogens with two attached hydrogens (primary N) is 1. The number of aromatic nitrogens is 2. The number of aliphatic hydroxyl groups is 1. The van der Waals surface area contributed by atoms with Gasteiger partial charge in [-0.3, -0.25) is 4.40 Å². The Morgan fingerprint density at radius 3 is 2.58 bits per heavy atom. The number of fused-ring (bicyclic) bond motifs is 1. The molecule has 2 heterocycles. The topological polar surface area (TPSA) is 63.5 Å². The second-order valence-corrected chi connectivity index (χ2v) is 4.28. The summed E-state index contributed by atoms with van der Waals surface area (Å²) in [6, 6.07) is 9.60. The van der Waals surface area contributed by atoms with Gasteiger partial charge in [-0.15, -0.1) is 0 Å². The molecule has 19 heavy (non-hydrogen) atoms. The Kier molecular flexibility index (Phi) is 2.68. The average molecular weight is 257 g/mol. The highest BCUT2D eigenvalue weighted by Gasteiger charge is 2.11. The van der Waals surface area contributed by atoms with Crippen LogP contribution in [0.4, 0.5) is 10.2 Å². The minimum absolute atomic E-state index is 0.0561. The van der Waals surface area contributed by atoms with E-state index >= 15 is 0 Å². The molecule has 0 bridgehead atoms. The largest absolute Gasteiger partial charge is 0.392 e. The monoisotopic (exact) mass is 257 g/mol. The lowest BCUT2D eigenvalue weighted by molar-refractivity contribution is 0.281. The minimum atomic E-state index is -0.298. The number of anilines is 1. The van der Waals surface area contributed by atoms with Gasteiger partial charge >= 0.3 is 0 Å². The van der Waals surface area contributed by atoms with E-state index in [1.807, 2.05) is 0 Å². The van der Waals surface area contributed by atoms with E-state index in [0.29, 0.717) is 17.2 Å². The van der Waals surface area contributed by atoms with Crippen LogP contribution >= 0.6 is 0 Å². The summed E-state index contributed by atoms with van der Waals surface area (Å²) in [6.07, 6.45) is 1.74. The van der Waals surface area contributed by atoms with Crippen LogP contribution in [0.1, 0.15) is 5.56 Å². The summed E-state index contributed by atoms with van der Waals surface area (Å²) in [7, 11) is 0. The van der Waals surface area contributed by atoms with Crippen molar-refractivity contribution in [3.8, 4) is 11.3 Å². The van der Waals surface area contributed by atoms with E-state index in [2.05, 4.69) is 4.98 Å². The summed E-state index contributed by atoms with van der Waals surface area (Å²) in [5.41, 5.74) is 8.86. The number of rotatable bonds is 2. The van der Waals surface area contributed by atoms with E-state index in [9.17, 15) is 4.39 Å². The summed E-state index contributed by atoms with van der Waals surface area (Å²) >= 11 is 0. The van der Waals surface area contributed by atoms with Crippen molar-refractivity contribution in [2.45, 2.75) is 6.61 Å². The Labute approximate surface area is 108 Å². The Morgan fingerprint density at radius 1 is 1.16 bits per heavy atom. The first-order valence-electron chi connectivity index (χ1n) is 5.82. The van der Waals surface area contributed by atoms with Crippen molar-refractivity contribution in [3.05, 3.63) is 54.0 Å². The van der Waals surface area contributed by atoms with Crippen LogP contribution in [0.25, 0.3) is 16.9 Å². The Morgan fingerprint density at radius 2 is 1.89 bits per heavy atom. The Hall–Kier alpha value is -2.40. The van der Waals surface area contributed by atoms with Crippen LogP contribution in [0.3, 0.4) is 0 Å². The number of nitrogen functional groups attached to an aromatic ring is 1. The number of pyridine rings is 1. The van der Waals surface area contributed by atoms with Gasteiger partial charge < -0.3 is 10.8 Å². The third-order valence-electron chi connectivity index (χ3n) is 3.02. The van der Waals surface area contributed by atoms with Gasteiger partial charge in [-0.2, -0.15) is 0 Å². The fourth-order valence-electron chi connectivity index (χ4n) is 2.02. The van der Waals surface area contributed by atoms with Gasteiger partial charge in [0, 0.05) is 11.8 Å². The molecule has 0 saturated heterocycles. The zero-order valence-electron chi connectivity index (χ0n) is 10.0. The lowest BCUT2D eigenvalue weighted by atomic mass is 10.1. The zero-order chi connectivity index (χ0) is 13.4. The average Bonchev–Trinajstić information content (AvgIpc) is 2.76. The minimum Gasteiger partial charge on any atom is -0.392 e. The number of benzene rings is 1. The van der Waals surface area contributed by atoms with E-state index in [1.165, 1.54) is 12.1 Å². The molecule has 5 heteroatoms. The molecule has 0 atom stereocenters. The molecule has 0 unspecified atom stereocenters. The van der Waals surface area contributed by atoms with Gasteiger partial charge in [-0.25, -0.2) is 9.37 Å². The summed E-state index contributed by atoms with van der Waals surface area (Å²) in [6.45, 7) is -0.0561. The van der Waals surface area contributed by atoms with Crippen LogP contribution in [0.5, 0.6) is 0 Å². The summed E-state index contributed by atoms with van der Waals surface area (Å²) in [5, 5.41) is 9.13. The smallest absolute Gasteiger partial charge is 0.139 e. The second kappa shape index (κ2) is 4.37. The second-order valence-electron chi connectivity index (χ2n) is 4.28. The molecule has 3 aromatic rings. The van der Waals surface area contributed by atoms with Gasteiger partial charge in [0.2, 0.25) is 0 Å². The first-order valence-corrected chi connectivity index (χ1v) is 5.82. The lowest BCUT2D eigenvalue weighted by Crippen LogP contribution is -1.96. The predicted octanol–water partition coefficient (Wildman–Crippen LogP) is 2.21. The molecule has 0 aliphatic rings. The summed E-state index contributed by atoms with van der Waals surface area (Å²) in [4.78, 5) is 4.42. The van der Waals surface area contributed by atoms with Crippen molar-refractivity contribution in [1.82, 2.24) is 9.38 Å². The molecule has 2 aromatic heterocycles. The van der Waals surface area contributed by atoms with Crippen LogP contribution in [0.2, 0.25) is 0 Å². The van der Waals surface area contributed by atoms with Crippen molar-refractivity contribution in [1.29, 1.82) is 0 Å². The van der Waals surface area contributed by atoms with Crippen molar-refractivity contribution < 1.29 is 9.50 Å². The molecule has 0 amide bonds. The van der Waals surface area contributed by atoms with Crippen LogP contribution in [0.15, 0.2) is 42.6 Å². The maximum atomic E-state index is 12.9. The third kappa shape index (κ3) is 1.94. The van der Waals surface area contributed by atoms with Crippen molar-refractivity contribution in [2.24, 2.45) is 0 Å². The molecule has 0 aliphatic heterocycles. The zero-order valence-corrected chi connectivity index (χ0v) is 10.0. The Bertz CT molecular complexity index is 734. The number of hydrogen-bond acceptors (Lipinski definition) is 3. The lowest BCUT2D eigenvalue weighted by Gasteiger charge is -2.01. The quantitative estimate of drug-likeness (QED) is 0.739. The molecular formula is C14H12FN3O. The molecule has 96 valence electrons. The normalized spacial score (nSPS) is 11.1. The van der Waals surface area contributed by atoms with Crippen LogP contribution < -0.4 is 5.73 Å². The first kappa shape index (κ1) is 11.7. The van der Waals surface area contributed by atoms with E-state index in [1.54, 1.807) is 34.9 Å². The molecule has 0 radical (unpaired) electrons. The third-order valence-corrected chi connectivity index (χ3v) is 3.02. The van der Waals surface area contributed by atoms with E-state index in [-0.39, 0.29) is 12.4 Å². The van der Waals surface area contributed by atoms with E-state index < -0.39 is 0 Å². The number of imidazole rings is 1. The number of aliphatic hydroxyl groups excluding tert-OH is 1. The van der Waals surface area contributed by atoms with Crippen LogP contribution in [-0.2, 0) is 6.61 Å². The van der Waals surface area contributed by atoms with Gasteiger partial charge in [0.05, 0.1) is 6.61 Å². The maximum Gasteiger partial charge on any atom is 0.139 e. The highest BCUT2D eigenvalue weighted by atomic mass is 19.1. The fraction of sp³-hybridized carbons (Fsp3) is 0.0714. The SMILES string of the molecule is Nc1c(-c2ccc(F)cc2)nc2ccc(CO)cn12. The van der Waals surface area contributed by atoms with Crippen molar-refractivity contribution >= 4 is 11.5 Å². The van der Waals surface area contributed by atoms with Crippen molar-refractivity contribution in [2.75, 3.05) is 5.73 Å². The van der Waals surface area contributed by atoms with E-state index in [4.69, 9.17) is 10.8 Å². The van der Waals surface area contributed by atoms with Crippen LogP contribution in [-0.4, -0.2) is 14.5 Å². The number of hydrogen-bond donors (Lipinski definition) is 2. The van der Waals surface area contributed by atoms with Crippen molar-refractivity contribution in [3.63, 3.8) is 0 Å². The highest BCUT2D eigenvalue weighted by Crippen LogP contribution is 2.26. The molecular weight excluding hydrogens is 245 g/mol. The highest BCUT2D eigenvalue weighted by molar-refractivity contribution is 5.74. The fourth-order valence-corrected chi connectivity index (χ4v) is 2.02. The molecule has 0 aliphatic carbocycles. The van der Waals surface area contributed by atoms with Gasteiger partial charge in [0.25, 0.3) is 0 Å². The van der Waals surface area contributed by atoms with Gasteiger partial charge in [0.1, 0.15) is 23.0 Å². The van der Waals surface area contributed by atoms with Gasteiger partial charge in [0.15, 0.2) is 0 Å². The molecule has 1 aromatic carbocycles. The van der Waals surface area contributed by atoms with Gasteiger partial charge in [-0.1, -0.05) is 6.07 Å². The van der Waals surface area contributed by atoms with Crippen LogP contribution in [0, 0.1) is 5.82 Å². The molecule has 0 saturated carbocycles. The summed E-state index contributed by atoms with van der Waals surface area (Å²) < 4.78 is 14.6. The molecule has 4 nitrogen and oxygen atoms in total. The first-order chi connectivity index (χ1) is 9.19. The molecule has 3 N–H and O–H groups in total. The standard InChI is InChI=1S/C14H12FN3O/c15-11-4-2-10(3-5-11)13-14(16)18-7-9(8-19)1-6-12(18)17-13/h1-7,19H,8,16H2. The predicted molar refractivity (Wildman–Crippen MR) is 70.9 cm³/mol. The maximum absolute atomic E-state index is 12.9. The van der Waals surface area contributed by atoms with Gasteiger partial charge in [-0.05, 0) is 35.9 Å². The molecule has 3 rings (SSSR count). The Balaban J connectivity index is 2.19. The molecule has 0 spiro atoms. The van der Waals surface area contributed by atoms with E-state index in [0.717, 1.165) is 11.1 Å². The number of halogens is 1. The number of nitrogens with zero attached hydrogens (tertiary/aromatic N) is 2. The summed E-state index contributed by atoms with van der Waals surface area (Å²) in [5.74, 6) is 0.172.